The van der Waals surface area contributed by atoms with Gasteiger partial charge < -0.3 is 19.8 Å². The smallest absolute Gasteiger partial charge is 0.305 e. The maximum absolute atomic E-state index is 12.8. The second-order valence-corrected chi connectivity index (χ2v) is 6.82. The van der Waals surface area contributed by atoms with E-state index in [0.29, 0.717) is 21.9 Å². The van der Waals surface area contributed by atoms with Crippen LogP contribution in [0.25, 0.3) is 5.76 Å². The molecular formula is C21H18ClNO6. The molecular weight excluding hydrogens is 398 g/mol. The van der Waals surface area contributed by atoms with Crippen molar-refractivity contribution in [1.82, 2.24) is 4.90 Å². The molecule has 0 unspecified atom stereocenters. The zero-order chi connectivity index (χ0) is 21.1. The molecule has 2 aromatic rings. The van der Waals surface area contributed by atoms with Gasteiger partial charge in [0, 0.05) is 22.7 Å². The van der Waals surface area contributed by atoms with Crippen LogP contribution >= 0.6 is 11.6 Å². The molecule has 0 spiro atoms. The highest BCUT2D eigenvalue weighted by Gasteiger charge is 2.47. The molecule has 29 heavy (non-hydrogen) atoms. The number of benzene rings is 2. The van der Waals surface area contributed by atoms with Crippen molar-refractivity contribution in [2.45, 2.75) is 12.5 Å². The van der Waals surface area contributed by atoms with E-state index in [1.807, 2.05) is 0 Å². The lowest BCUT2D eigenvalue weighted by Crippen LogP contribution is -2.32. The summed E-state index contributed by atoms with van der Waals surface area (Å²) in [6.07, 6.45) is -0.348. The largest absolute Gasteiger partial charge is 0.507 e. The van der Waals surface area contributed by atoms with Gasteiger partial charge in [-0.3, -0.25) is 14.4 Å². The fourth-order valence-electron chi connectivity index (χ4n) is 3.31. The van der Waals surface area contributed by atoms with Crippen molar-refractivity contribution in [2.75, 3.05) is 13.7 Å². The molecule has 150 valence electrons. The normalized spacial score (nSPS) is 18.1. The van der Waals surface area contributed by atoms with Gasteiger partial charge in [0.2, 0.25) is 0 Å². The van der Waals surface area contributed by atoms with E-state index in [-0.39, 0.29) is 24.3 Å². The molecule has 0 aliphatic carbocycles. The lowest BCUT2D eigenvalue weighted by atomic mass is 9.94. The number of halogens is 1. The minimum absolute atomic E-state index is 0.132. The molecule has 0 radical (unpaired) electrons. The van der Waals surface area contributed by atoms with Gasteiger partial charge in [-0.2, -0.15) is 0 Å². The average Bonchev–Trinajstić information content (AvgIpc) is 2.96. The Morgan fingerprint density at radius 2 is 1.76 bits per heavy atom. The Kier molecular flexibility index (Phi) is 5.89. The first-order chi connectivity index (χ1) is 13.8. The van der Waals surface area contributed by atoms with Crippen LogP contribution in [-0.2, 0) is 14.4 Å². The summed E-state index contributed by atoms with van der Waals surface area (Å²) in [5, 5.41) is 20.4. The number of aliphatic hydroxyl groups is 1. The number of carboxylic acids is 1. The Bertz CT molecular complexity index is 998. The molecule has 0 aromatic heterocycles. The maximum atomic E-state index is 12.8. The Hall–Kier alpha value is -3.32. The quantitative estimate of drug-likeness (QED) is 0.426. The highest BCUT2D eigenvalue weighted by Crippen LogP contribution is 2.42. The molecule has 2 N–H and O–H groups in total. The number of ether oxygens (including phenoxy) is 1. The fraction of sp³-hybridized carbons (Fsp3) is 0.190. The monoisotopic (exact) mass is 415 g/mol. The van der Waals surface area contributed by atoms with Crippen LogP contribution in [0.1, 0.15) is 23.6 Å². The zero-order valence-corrected chi connectivity index (χ0v) is 16.2. The van der Waals surface area contributed by atoms with E-state index in [9.17, 15) is 19.5 Å². The summed E-state index contributed by atoms with van der Waals surface area (Å²) in [4.78, 5) is 37.7. The van der Waals surface area contributed by atoms with Gasteiger partial charge in [-0.05, 0) is 30.3 Å². The number of carboxylic acid groups (broad SMARTS) is 1. The predicted octanol–water partition coefficient (Wildman–Crippen LogP) is 3.25. The van der Waals surface area contributed by atoms with Crippen LogP contribution in [0.3, 0.4) is 0 Å². The predicted molar refractivity (Wildman–Crippen MR) is 106 cm³/mol. The van der Waals surface area contributed by atoms with Crippen molar-refractivity contribution in [3.05, 3.63) is 70.3 Å². The number of carbonyl (C=O) groups is 3. The lowest BCUT2D eigenvalue weighted by Gasteiger charge is -2.26. The van der Waals surface area contributed by atoms with E-state index >= 15 is 0 Å². The number of ketones is 1. The molecule has 1 aliphatic rings. The number of carbonyl (C=O) groups excluding carboxylic acids is 2. The van der Waals surface area contributed by atoms with Gasteiger partial charge in [-0.15, -0.1) is 0 Å². The summed E-state index contributed by atoms with van der Waals surface area (Å²) < 4.78 is 5.36. The topological polar surface area (TPSA) is 104 Å². The SMILES string of the molecule is COc1ccccc1[C@H]1/C(=C(\O)c2ccc(Cl)cc2)C(=O)C(=O)N1CCC(=O)O. The molecule has 2 aromatic carbocycles. The molecule has 1 atom stereocenters. The van der Waals surface area contributed by atoms with Crippen molar-refractivity contribution in [2.24, 2.45) is 0 Å². The molecule has 1 amide bonds. The number of para-hydroxylation sites is 1. The molecule has 1 aliphatic heterocycles. The first-order valence-corrected chi connectivity index (χ1v) is 9.12. The lowest BCUT2D eigenvalue weighted by molar-refractivity contribution is -0.142. The maximum Gasteiger partial charge on any atom is 0.305 e. The van der Waals surface area contributed by atoms with Gasteiger partial charge in [0.05, 0.1) is 25.1 Å². The fourth-order valence-corrected chi connectivity index (χ4v) is 3.43. The van der Waals surface area contributed by atoms with Gasteiger partial charge in [0.1, 0.15) is 11.5 Å². The average molecular weight is 416 g/mol. The van der Waals surface area contributed by atoms with Crippen LogP contribution in [0.4, 0.5) is 0 Å². The number of methoxy groups -OCH3 is 1. The van der Waals surface area contributed by atoms with Gasteiger partial charge in [0.15, 0.2) is 0 Å². The van der Waals surface area contributed by atoms with Crippen molar-refractivity contribution < 1.29 is 29.3 Å². The van der Waals surface area contributed by atoms with Crippen molar-refractivity contribution in [1.29, 1.82) is 0 Å². The number of likely N-dealkylation sites (tertiary alicyclic amines) is 1. The number of rotatable bonds is 6. The Balaban J connectivity index is 2.20. The van der Waals surface area contributed by atoms with Gasteiger partial charge >= 0.3 is 5.97 Å². The van der Waals surface area contributed by atoms with Crippen LogP contribution in [0, 0.1) is 0 Å². The minimum atomic E-state index is -1.11. The summed E-state index contributed by atoms with van der Waals surface area (Å²) in [5.74, 6) is -2.84. The number of Topliss-reactive ketones (excluding diaryl/α,β-unsaturated/α-hetero) is 1. The van der Waals surface area contributed by atoms with E-state index in [0.717, 1.165) is 4.90 Å². The van der Waals surface area contributed by atoms with Crippen molar-refractivity contribution in [3.63, 3.8) is 0 Å². The molecule has 1 heterocycles. The minimum Gasteiger partial charge on any atom is -0.507 e. The van der Waals surface area contributed by atoms with Crippen molar-refractivity contribution in [3.8, 4) is 5.75 Å². The Labute approximate surface area is 171 Å². The molecule has 1 fully saturated rings. The first-order valence-electron chi connectivity index (χ1n) is 8.74. The number of hydrogen-bond donors (Lipinski definition) is 2. The third kappa shape index (κ3) is 3.95. The van der Waals surface area contributed by atoms with Crippen LogP contribution in [0.15, 0.2) is 54.1 Å². The molecule has 3 rings (SSSR count). The van der Waals surface area contributed by atoms with Gasteiger partial charge in [-0.25, -0.2) is 0 Å². The standard InChI is InChI=1S/C21H18ClNO6/c1-29-15-5-3-2-4-14(15)18-17(19(26)12-6-8-13(22)9-7-12)20(27)21(28)23(18)11-10-16(24)25/h2-9,18,26H,10-11H2,1H3,(H,24,25)/b19-17+/t18-/m0/s1. The highest BCUT2D eigenvalue weighted by molar-refractivity contribution is 6.46. The van der Waals surface area contributed by atoms with Crippen LogP contribution < -0.4 is 4.74 Å². The summed E-state index contributed by atoms with van der Waals surface area (Å²) in [5.41, 5.74) is 0.646. The van der Waals surface area contributed by atoms with Crippen molar-refractivity contribution >= 4 is 35.0 Å². The second-order valence-electron chi connectivity index (χ2n) is 6.39. The zero-order valence-electron chi connectivity index (χ0n) is 15.5. The summed E-state index contributed by atoms with van der Waals surface area (Å²) in [6.45, 7) is -0.194. The van der Waals surface area contributed by atoms with E-state index in [1.54, 1.807) is 36.4 Å². The third-order valence-corrected chi connectivity index (χ3v) is 4.91. The van der Waals surface area contributed by atoms with Gasteiger partial charge in [-0.1, -0.05) is 29.8 Å². The Morgan fingerprint density at radius 1 is 1.10 bits per heavy atom. The van der Waals surface area contributed by atoms with Crippen LogP contribution in [-0.4, -0.2) is 46.4 Å². The number of nitrogens with zero attached hydrogens (tertiary/aromatic N) is 1. The van der Waals surface area contributed by atoms with E-state index < -0.39 is 23.7 Å². The van der Waals surface area contributed by atoms with E-state index in [4.69, 9.17) is 21.4 Å². The number of aliphatic hydroxyl groups excluding tert-OH is 1. The van der Waals surface area contributed by atoms with Crippen LogP contribution in [0.5, 0.6) is 5.75 Å². The van der Waals surface area contributed by atoms with E-state index in [1.165, 1.54) is 19.2 Å². The molecule has 0 saturated carbocycles. The molecule has 0 bridgehead atoms. The molecule has 8 heteroatoms. The number of aliphatic carboxylic acids is 1. The number of amides is 1. The summed E-state index contributed by atoms with van der Waals surface area (Å²) in [7, 11) is 1.45. The molecule has 7 nitrogen and oxygen atoms in total. The summed E-state index contributed by atoms with van der Waals surface area (Å²) in [6, 6.07) is 11.9. The molecule has 1 saturated heterocycles. The second kappa shape index (κ2) is 8.36. The highest BCUT2D eigenvalue weighted by atomic mass is 35.5. The number of hydrogen-bond acceptors (Lipinski definition) is 5. The Morgan fingerprint density at radius 3 is 2.38 bits per heavy atom. The summed E-state index contributed by atoms with van der Waals surface area (Å²) >= 11 is 5.89. The van der Waals surface area contributed by atoms with Crippen LogP contribution in [0.2, 0.25) is 5.02 Å². The first kappa shape index (κ1) is 20.4. The van der Waals surface area contributed by atoms with E-state index in [2.05, 4.69) is 0 Å². The third-order valence-electron chi connectivity index (χ3n) is 4.66. The van der Waals surface area contributed by atoms with Gasteiger partial charge in [0.25, 0.3) is 11.7 Å².